The predicted molar refractivity (Wildman–Crippen MR) is 48.7 cm³/mol. The third kappa shape index (κ3) is 2.97. The monoisotopic (exact) mass is 187 g/mol. The second kappa shape index (κ2) is 4.58. The number of rotatable bonds is 2. The van der Waals surface area contributed by atoms with Crippen LogP contribution in [0.2, 0.25) is 0 Å². The molecule has 1 aliphatic rings. The van der Waals surface area contributed by atoms with Gasteiger partial charge in [0.25, 0.3) is 0 Å². The lowest BCUT2D eigenvalue weighted by atomic mass is 10.2. The Morgan fingerprint density at radius 1 is 1.69 bits per heavy atom. The van der Waals surface area contributed by atoms with E-state index in [0.717, 1.165) is 19.6 Å². The van der Waals surface area contributed by atoms with Crippen molar-refractivity contribution in [3.63, 3.8) is 0 Å². The average molecular weight is 187 g/mol. The predicted octanol–water partition coefficient (Wildman–Crippen LogP) is 0.570. The molecule has 76 valence electrons. The molecule has 1 aliphatic heterocycles. The van der Waals surface area contributed by atoms with Gasteiger partial charge < -0.3 is 9.84 Å². The Labute approximate surface area is 78.5 Å². The van der Waals surface area contributed by atoms with Gasteiger partial charge in [0.1, 0.15) is 6.04 Å². The van der Waals surface area contributed by atoms with Gasteiger partial charge in [0.05, 0.1) is 6.10 Å². The highest BCUT2D eigenvalue weighted by Crippen LogP contribution is 2.08. The number of nitrogens with zero attached hydrogens (tertiary/aromatic N) is 1. The Bertz CT molecular complexity index is 184. The highest BCUT2D eigenvalue weighted by atomic mass is 16.5. The van der Waals surface area contributed by atoms with Crippen LogP contribution in [-0.2, 0) is 9.53 Å². The third-order valence-electron chi connectivity index (χ3n) is 2.39. The molecule has 0 bridgehead atoms. The number of carboxylic acid groups (broad SMARTS) is 1. The van der Waals surface area contributed by atoms with Gasteiger partial charge in [-0.1, -0.05) is 0 Å². The summed E-state index contributed by atoms with van der Waals surface area (Å²) in [4.78, 5) is 12.7. The molecular weight excluding hydrogens is 170 g/mol. The summed E-state index contributed by atoms with van der Waals surface area (Å²) >= 11 is 0. The van der Waals surface area contributed by atoms with Crippen molar-refractivity contribution in [2.24, 2.45) is 0 Å². The van der Waals surface area contributed by atoms with E-state index in [1.54, 1.807) is 6.92 Å². The summed E-state index contributed by atoms with van der Waals surface area (Å²) in [5.41, 5.74) is 0. The maximum absolute atomic E-state index is 10.7. The Balaban J connectivity index is 2.51. The van der Waals surface area contributed by atoms with Gasteiger partial charge in [-0.15, -0.1) is 0 Å². The molecule has 1 N–H and O–H groups in total. The number of aliphatic carboxylic acids is 1. The van der Waals surface area contributed by atoms with Gasteiger partial charge in [-0.3, -0.25) is 9.69 Å². The minimum absolute atomic E-state index is 0.143. The maximum Gasteiger partial charge on any atom is 0.320 e. The molecular formula is C9H17NO3. The van der Waals surface area contributed by atoms with Crippen molar-refractivity contribution in [3.8, 4) is 0 Å². The van der Waals surface area contributed by atoms with Crippen molar-refractivity contribution < 1.29 is 14.6 Å². The summed E-state index contributed by atoms with van der Waals surface area (Å²) in [5, 5.41) is 8.83. The van der Waals surface area contributed by atoms with Crippen LogP contribution in [0.15, 0.2) is 0 Å². The first kappa shape index (κ1) is 10.5. The molecule has 0 radical (unpaired) electrons. The lowest BCUT2D eigenvalue weighted by Gasteiger charge is -2.25. The van der Waals surface area contributed by atoms with Gasteiger partial charge in [-0.05, 0) is 20.3 Å². The quantitative estimate of drug-likeness (QED) is 0.686. The van der Waals surface area contributed by atoms with E-state index in [0.29, 0.717) is 6.54 Å². The molecule has 0 aromatic heterocycles. The van der Waals surface area contributed by atoms with Crippen LogP contribution in [0, 0.1) is 0 Å². The third-order valence-corrected chi connectivity index (χ3v) is 2.39. The molecule has 1 heterocycles. The largest absolute Gasteiger partial charge is 0.480 e. The Hall–Kier alpha value is -0.610. The molecule has 4 heteroatoms. The van der Waals surface area contributed by atoms with Crippen LogP contribution in [-0.4, -0.2) is 47.8 Å². The van der Waals surface area contributed by atoms with Crippen molar-refractivity contribution >= 4 is 5.97 Å². The molecule has 13 heavy (non-hydrogen) atoms. The first-order valence-electron chi connectivity index (χ1n) is 4.69. The SMILES string of the molecule is CC1CN(C(C)C(=O)O)CCCO1. The molecule has 0 saturated carbocycles. The van der Waals surface area contributed by atoms with Crippen molar-refractivity contribution in [3.05, 3.63) is 0 Å². The molecule has 1 fully saturated rings. The van der Waals surface area contributed by atoms with Gasteiger partial charge in [0.2, 0.25) is 0 Å². The topological polar surface area (TPSA) is 49.8 Å². The molecule has 0 aromatic carbocycles. The number of carboxylic acids is 1. The van der Waals surface area contributed by atoms with E-state index in [9.17, 15) is 4.79 Å². The minimum atomic E-state index is -0.755. The summed E-state index contributed by atoms with van der Waals surface area (Å²) in [7, 11) is 0. The van der Waals surface area contributed by atoms with E-state index in [1.165, 1.54) is 0 Å². The van der Waals surface area contributed by atoms with Crippen LogP contribution < -0.4 is 0 Å². The molecule has 0 aliphatic carbocycles. The number of ether oxygens (including phenoxy) is 1. The summed E-state index contributed by atoms with van der Waals surface area (Å²) in [5.74, 6) is -0.755. The fourth-order valence-electron chi connectivity index (χ4n) is 1.53. The summed E-state index contributed by atoms with van der Waals surface area (Å²) < 4.78 is 5.43. The highest BCUT2D eigenvalue weighted by molar-refractivity contribution is 5.72. The second-order valence-corrected chi connectivity index (χ2v) is 3.54. The van der Waals surface area contributed by atoms with E-state index >= 15 is 0 Å². The molecule has 0 spiro atoms. The van der Waals surface area contributed by atoms with Gasteiger partial charge in [-0.25, -0.2) is 0 Å². The van der Waals surface area contributed by atoms with Gasteiger partial charge in [-0.2, -0.15) is 0 Å². The number of hydrogen-bond donors (Lipinski definition) is 1. The normalized spacial score (nSPS) is 28.0. The van der Waals surface area contributed by atoms with E-state index in [2.05, 4.69) is 0 Å². The zero-order valence-electron chi connectivity index (χ0n) is 8.19. The van der Waals surface area contributed by atoms with E-state index < -0.39 is 12.0 Å². The van der Waals surface area contributed by atoms with E-state index in [4.69, 9.17) is 9.84 Å². The van der Waals surface area contributed by atoms with Crippen LogP contribution in [0.1, 0.15) is 20.3 Å². The smallest absolute Gasteiger partial charge is 0.320 e. The molecule has 2 unspecified atom stereocenters. The van der Waals surface area contributed by atoms with Crippen LogP contribution >= 0.6 is 0 Å². The van der Waals surface area contributed by atoms with Crippen LogP contribution in [0.3, 0.4) is 0 Å². The molecule has 1 saturated heterocycles. The average Bonchev–Trinajstić information content (AvgIpc) is 2.28. The van der Waals surface area contributed by atoms with Crippen LogP contribution in [0.25, 0.3) is 0 Å². The molecule has 1 rings (SSSR count). The molecule has 2 atom stereocenters. The Kier molecular flexibility index (Phi) is 3.69. The zero-order chi connectivity index (χ0) is 9.84. The van der Waals surface area contributed by atoms with Gasteiger partial charge in [0, 0.05) is 19.7 Å². The summed E-state index contributed by atoms with van der Waals surface area (Å²) in [6, 6.07) is -0.399. The molecule has 0 amide bonds. The maximum atomic E-state index is 10.7. The van der Waals surface area contributed by atoms with Crippen LogP contribution in [0.5, 0.6) is 0 Å². The minimum Gasteiger partial charge on any atom is -0.480 e. The van der Waals surface area contributed by atoms with Gasteiger partial charge >= 0.3 is 5.97 Å². The van der Waals surface area contributed by atoms with E-state index in [-0.39, 0.29) is 6.10 Å². The summed E-state index contributed by atoms with van der Waals surface area (Å²) in [6.07, 6.45) is 1.06. The second-order valence-electron chi connectivity index (χ2n) is 3.54. The number of hydrogen-bond acceptors (Lipinski definition) is 3. The lowest BCUT2D eigenvalue weighted by molar-refractivity contribution is -0.142. The fourth-order valence-corrected chi connectivity index (χ4v) is 1.53. The standard InChI is InChI=1S/C9H17NO3/c1-7-6-10(4-3-5-13-7)8(2)9(11)12/h7-8H,3-6H2,1-2H3,(H,11,12). The first-order valence-corrected chi connectivity index (χ1v) is 4.69. The van der Waals surface area contributed by atoms with Crippen molar-refractivity contribution in [1.29, 1.82) is 0 Å². The van der Waals surface area contributed by atoms with Crippen molar-refractivity contribution in [1.82, 2.24) is 4.90 Å². The zero-order valence-corrected chi connectivity index (χ0v) is 8.19. The van der Waals surface area contributed by atoms with Crippen LogP contribution in [0.4, 0.5) is 0 Å². The van der Waals surface area contributed by atoms with Gasteiger partial charge in [0.15, 0.2) is 0 Å². The Morgan fingerprint density at radius 2 is 2.38 bits per heavy atom. The molecule has 4 nitrogen and oxygen atoms in total. The fraction of sp³-hybridized carbons (Fsp3) is 0.889. The van der Waals surface area contributed by atoms with Crippen molar-refractivity contribution in [2.45, 2.75) is 32.4 Å². The molecule has 0 aromatic rings. The number of carbonyl (C=O) groups is 1. The summed E-state index contributed by atoms with van der Waals surface area (Å²) in [6.45, 7) is 5.97. The highest BCUT2D eigenvalue weighted by Gasteiger charge is 2.23. The Morgan fingerprint density at radius 3 is 3.00 bits per heavy atom. The first-order chi connectivity index (χ1) is 6.11. The van der Waals surface area contributed by atoms with E-state index in [1.807, 2.05) is 11.8 Å². The lowest BCUT2D eigenvalue weighted by Crippen LogP contribution is -2.42. The van der Waals surface area contributed by atoms with Crippen molar-refractivity contribution in [2.75, 3.05) is 19.7 Å².